The standard InChI is InChI=1S/C15H8BrCl2N3O2/c16-10-3-1-2-9(6-10)14-20-21-15(23-14)19-13(22)8-4-5-11(17)12(18)7-8/h1-7H,(H,19,21,22). The summed E-state index contributed by atoms with van der Waals surface area (Å²) in [6.45, 7) is 0. The number of carbonyl (C=O) groups excluding carboxylic acids is 1. The van der Waals surface area contributed by atoms with Crippen LogP contribution in [-0.4, -0.2) is 16.1 Å². The summed E-state index contributed by atoms with van der Waals surface area (Å²) in [5, 5.41) is 10.9. The molecule has 0 aliphatic carbocycles. The first-order chi connectivity index (χ1) is 11.0. The summed E-state index contributed by atoms with van der Waals surface area (Å²) in [6.07, 6.45) is 0. The van der Waals surface area contributed by atoms with Gasteiger partial charge in [0.1, 0.15) is 0 Å². The summed E-state index contributed by atoms with van der Waals surface area (Å²) in [5.41, 5.74) is 1.07. The molecule has 0 aliphatic heterocycles. The van der Waals surface area contributed by atoms with Crippen molar-refractivity contribution in [2.75, 3.05) is 5.32 Å². The average Bonchev–Trinajstić information content (AvgIpc) is 2.98. The lowest BCUT2D eigenvalue weighted by atomic mass is 10.2. The summed E-state index contributed by atoms with van der Waals surface area (Å²) >= 11 is 15.1. The lowest BCUT2D eigenvalue weighted by Crippen LogP contribution is -2.12. The minimum atomic E-state index is -0.423. The van der Waals surface area contributed by atoms with Crippen LogP contribution in [0.15, 0.2) is 51.4 Å². The summed E-state index contributed by atoms with van der Waals surface area (Å²) in [4.78, 5) is 12.1. The third kappa shape index (κ3) is 3.72. The van der Waals surface area contributed by atoms with E-state index in [2.05, 4.69) is 31.4 Å². The molecule has 1 heterocycles. The van der Waals surface area contributed by atoms with Crippen molar-refractivity contribution in [2.24, 2.45) is 0 Å². The Hall–Kier alpha value is -1.89. The Morgan fingerprint density at radius 2 is 1.91 bits per heavy atom. The summed E-state index contributed by atoms with van der Waals surface area (Å²) in [5.74, 6) is -0.122. The molecule has 0 bridgehead atoms. The van der Waals surface area contributed by atoms with E-state index < -0.39 is 5.91 Å². The van der Waals surface area contributed by atoms with E-state index in [1.807, 2.05) is 24.3 Å². The molecule has 0 spiro atoms. The first-order valence-electron chi connectivity index (χ1n) is 6.39. The topological polar surface area (TPSA) is 68.0 Å². The maximum absolute atomic E-state index is 12.1. The Morgan fingerprint density at radius 3 is 2.65 bits per heavy atom. The number of benzene rings is 2. The number of halogens is 3. The molecule has 0 aliphatic rings. The van der Waals surface area contributed by atoms with Crippen LogP contribution < -0.4 is 5.32 Å². The molecule has 1 aromatic heterocycles. The van der Waals surface area contributed by atoms with Gasteiger partial charge in [0.2, 0.25) is 5.89 Å². The van der Waals surface area contributed by atoms with E-state index in [4.69, 9.17) is 27.6 Å². The smallest absolute Gasteiger partial charge is 0.322 e. The van der Waals surface area contributed by atoms with Crippen LogP contribution in [0, 0.1) is 0 Å². The van der Waals surface area contributed by atoms with Crippen LogP contribution in [0.25, 0.3) is 11.5 Å². The van der Waals surface area contributed by atoms with E-state index in [0.29, 0.717) is 21.5 Å². The number of amides is 1. The molecule has 23 heavy (non-hydrogen) atoms. The summed E-state index contributed by atoms with van der Waals surface area (Å²) in [7, 11) is 0. The van der Waals surface area contributed by atoms with Gasteiger partial charge in [0, 0.05) is 15.6 Å². The quantitative estimate of drug-likeness (QED) is 0.652. The second kappa shape index (κ2) is 6.70. The zero-order valence-corrected chi connectivity index (χ0v) is 14.5. The largest absolute Gasteiger partial charge is 0.403 e. The fraction of sp³-hybridized carbons (Fsp3) is 0. The SMILES string of the molecule is O=C(Nc1nnc(-c2cccc(Br)c2)o1)c1ccc(Cl)c(Cl)c1. The second-order valence-corrected chi connectivity index (χ2v) is 6.24. The van der Waals surface area contributed by atoms with Crippen molar-refractivity contribution < 1.29 is 9.21 Å². The Kier molecular flexibility index (Phi) is 4.66. The van der Waals surface area contributed by atoms with Crippen molar-refractivity contribution >= 4 is 51.1 Å². The van der Waals surface area contributed by atoms with E-state index in [1.165, 1.54) is 6.07 Å². The molecule has 0 saturated carbocycles. The highest BCUT2D eigenvalue weighted by atomic mass is 79.9. The number of nitrogens with one attached hydrogen (secondary N) is 1. The molecule has 1 N–H and O–H groups in total. The van der Waals surface area contributed by atoms with Crippen LogP contribution in [0.2, 0.25) is 10.0 Å². The highest BCUT2D eigenvalue weighted by molar-refractivity contribution is 9.10. The number of hydrogen-bond donors (Lipinski definition) is 1. The number of nitrogens with zero attached hydrogens (tertiary/aromatic N) is 2. The highest BCUT2D eigenvalue weighted by Crippen LogP contribution is 2.25. The maximum atomic E-state index is 12.1. The van der Waals surface area contributed by atoms with Crippen molar-refractivity contribution in [3.05, 3.63) is 62.5 Å². The van der Waals surface area contributed by atoms with Crippen LogP contribution in [0.1, 0.15) is 10.4 Å². The molecule has 116 valence electrons. The number of carbonyl (C=O) groups is 1. The molecule has 0 saturated heterocycles. The van der Waals surface area contributed by atoms with E-state index in [1.54, 1.807) is 12.1 Å². The van der Waals surface area contributed by atoms with Gasteiger partial charge in [-0.2, -0.15) is 0 Å². The van der Waals surface area contributed by atoms with Crippen LogP contribution in [0.5, 0.6) is 0 Å². The van der Waals surface area contributed by atoms with Gasteiger partial charge < -0.3 is 4.42 Å². The van der Waals surface area contributed by atoms with Crippen LogP contribution in [0.4, 0.5) is 6.01 Å². The number of aromatic nitrogens is 2. The van der Waals surface area contributed by atoms with Gasteiger partial charge in [-0.25, -0.2) is 0 Å². The van der Waals surface area contributed by atoms with Crippen molar-refractivity contribution in [1.82, 2.24) is 10.2 Å². The van der Waals surface area contributed by atoms with Crippen molar-refractivity contribution in [2.45, 2.75) is 0 Å². The van der Waals surface area contributed by atoms with Gasteiger partial charge in [-0.1, -0.05) is 50.3 Å². The van der Waals surface area contributed by atoms with Gasteiger partial charge in [-0.15, -0.1) is 5.10 Å². The predicted molar refractivity (Wildman–Crippen MR) is 91.8 cm³/mol. The fourth-order valence-corrected chi connectivity index (χ4v) is 2.52. The van der Waals surface area contributed by atoms with Gasteiger partial charge >= 0.3 is 6.01 Å². The molecule has 0 radical (unpaired) electrons. The van der Waals surface area contributed by atoms with Crippen molar-refractivity contribution in [3.63, 3.8) is 0 Å². The maximum Gasteiger partial charge on any atom is 0.322 e. The third-order valence-electron chi connectivity index (χ3n) is 2.90. The molecule has 3 aromatic rings. The van der Waals surface area contributed by atoms with E-state index in [-0.39, 0.29) is 6.01 Å². The Balaban J connectivity index is 1.78. The van der Waals surface area contributed by atoms with Crippen molar-refractivity contribution in [1.29, 1.82) is 0 Å². The van der Waals surface area contributed by atoms with Gasteiger partial charge in [0.25, 0.3) is 5.91 Å². The third-order valence-corrected chi connectivity index (χ3v) is 4.13. The Bertz CT molecular complexity index is 883. The molecular formula is C15H8BrCl2N3O2. The van der Waals surface area contributed by atoms with E-state index in [9.17, 15) is 4.79 Å². The first-order valence-corrected chi connectivity index (χ1v) is 7.93. The minimum Gasteiger partial charge on any atom is -0.403 e. The molecular weight excluding hydrogens is 405 g/mol. The molecule has 0 unspecified atom stereocenters. The minimum absolute atomic E-state index is 0.00366. The lowest BCUT2D eigenvalue weighted by Gasteiger charge is -2.02. The normalized spacial score (nSPS) is 10.6. The molecule has 3 rings (SSSR count). The first kappa shape index (κ1) is 16.0. The monoisotopic (exact) mass is 411 g/mol. The van der Waals surface area contributed by atoms with E-state index in [0.717, 1.165) is 10.0 Å². The molecule has 8 heteroatoms. The predicted octanol–water partition coefficient (Wildman–Crippen LogP) is 5.06. The Labute approximate surface area is 149 Å². The van der Waals surface area contributed by atoms with Gasteiger partial charge in [-0.05, 0) is 36.4 Å². The molecule has 5 nitrogen and oxygen atoms in total. The second-order valence-electron chi connectivity index (χ2n) is 4.51. The highest BCUT2D eigenvalue weighted by Gasteiger charge is 2.14. The van der Waals surface area contributed by atoms with Gasteiger partial charge in [-0.3, -0.25) is 10.1 Å². The van der Waals surface area contributed by atoms with Gasteiger partial charge in [0.15, 0.2) is 0 Å². The zero-order valence-electron chi connectivity index (χ0n) is 11.4. The molecule has 2 aromatic carbocycles. The Morgan fingerprint density at radius 1 is 1.09 bits per heavy atom. The molecule has 0 atom stereocenters. The fourth-order valence-electron chi connectivity index (χ4n) is 1.82. The average molecular weight is 413 g/mol. The van der Waals surface area contributed by atoms with Crippen LogP contribution in [-0.2, 0) is 0 Å². The molecule has 1 amide bonds. The number of rotatable bonds is 3. The summed E-state index contributed by atoms with van der Waals surface area (Å²) < 4.78 is 6.32. The van der Waals surface area contributed by atoms with Crippen molar-refractivity contribution in [3.8, 4) is 11.5 Å². The summed E-state index contributed by atoms with van der Waals surface area (Å²) in [6, 6.07) is 11.9. The zero-order chi connectivity index (χ0) is 16.4. The lowest BCUT2D eigenvalue weighted by molar-refractivity contribution is 0.102. The molecule has 0 fully saturated rings. The van der Waals surface area contributed by atoms with Crippen LogP contribution >= 0.6 is 39.1 Å². The number of hydrogen-bond acceptors (Lipinski definition) is 4. The van der Waals surface area contributed by atoms with Crippen LogP contribution in [0.3, 0.4) is 0 Å². The van der Waals surface area contributed by atoms with E-state index >= 15 is 0 Å². The number of anilines is 1. The van der Waals surface area contributed by atoms with Gasteiger partial charge in [0.05, 0.1) is 10.0 Å².